The second kappa shape index (κ2) is 6.26. The van der Waals surface area contributed by atoms with Gasteiger partial charge >= 0.3 is 0 Å². The number of carbonyl (C=O) groups excluding carboxylic acids is 1. The summed E-state index contributed by atoms with van der Waals surface area (Å²) in [6, 6.07) is 5.87. The van der Waals surface area contributed by atoms with Crippen molar-refractivity contribution < 1.29 is 10.0 Å². The van der Waals surface area contributed by atoms with Gasteiger partial charge in [0, 0.05) is 29.0 Å². The number of rotatable bonds is 5. The smallest absolute Gasteiger partial charge is 0.254 e. The van der Waals surface area contributed by atoms with Crippen molar-refractivity contribution in [3.63, 3.8) is 0 Å². The number of amides is 1. The Morgan fingerprint density at radius 1 is 1.55 bits per heavy atom. The van der Waals surface area contributed by atoms with Crippen LogP contribution < -0.4 is 5.73 Å². The van der Waals surface area contributed by atoms with Crippen LogP contribution in [-0.2, 0) is 0 Å². The van der Waals surface area contributed by atoms with Crippen LogP contribution in [0.1, 0.15) is 35.2 Å². The van der Waals surface area contributed by atoms with Gasteiger partial charge in [-0.15, -0.1) is 0 Å². The molecular weight excluding hydrogens is 322 g/mol. The molecule has 0 aliphatic heterocycles. The van der Waals surface area contributed by atoms with Gasteiger partial charge in [-0.2, -0.15) is 0 Å². The van der Waals surface area contributed by atoms with Crippen molar-refractivity contribution in [1.29, 1.82) is 0 Å². The largest absolute Gasteiger partial charge is 0.409 e. The molecular formula is C14H18BrN3O2. The van der Waals surface area contributed by atoms with Gasteiger partial charge < -0.3 is 15.8 Å². The molecule has 0 saturated heterocycles. The Labute approximate surface area is 126 Å². The lowest BCUT2D eigenvalue weighted by atomic mass is 10.1. The number of nitrogens with zero attached hydrogens (tertiary/aromatic N) is 2. The number of hydrogen-bond donors (Lipinski definition) is 2. The Hall–Kier alpha value is -1.56. The van der Waals surface area contributed by atoms with Gasteiger partial charge in [0.05, 0.1) is 0 Å². The fourth-order valence-corrected chi connectivity index (χ4v) is 2.31. The Bertz CT molecular complexity index is 541. The molecule has 1 saturated carbocycles. The molecule has 1 amide bonds. The SMILES string of the molecule is Cc1cc(C(=O)N(CC/C(N)=N/O)C2CC2)ccc1Br. The number of halogens is 1. The lowest BCUT2D eigenvalue weighted by Gasteiger charge is -2.22. The molecule has 0 atom stereocenters. The van der Waals surface area contributed by atoms with Gasteiger partial charge in [-0.1, -0.05) is 21.1 Å². The van der Waals surface area contributed by atoms with Crippen molar-refractivity contribution in [3.8, 4) is 0 Å². The van der Waals surface area contributed by atoms with Crippen molar-refractivity contribution in [2.75, 3.05) is 6.54 Å². The number of nitrogens with two attached hydrogens (primary N) is 1. The minimum Gasteiger partial charge on any atom is -0.409 e. The fourth-order valence-electron chi connectivity index (χ4n) is 2.06. The van der Waals surface area contributed by atoms with Crippen molar-refractivity contribution >= 4 is 27.7 Å². The summed E-state index contributed by atoms with van der Waals surface area (Å²) in [6.45, 7) is 2.44. The molecule has 0 heterocycles. The average Bonchev–Trinajstić information content (AvgIpc) is 3.26. The Morgan fingerprint density at radius 3 is 2.80 bits per heavy atom. The van der Waals surface area contributed by atoms with Crippen LogP contribution in [0.4, 0.5) is 0 Å². The Morgan fingerprint density at radius 2 is 2.25 bits per heavy atom. The van der Waals surface area contributed by atoms with Crippen LogP contribution in [0, 0.1) is 6.92 Å². The molecule has 0 aromatic heterocycles. The molecule has 1 aliphatic rings. The molecule has 1 aromatic carbocycles. The van der Waals surface area contributed by atoms with E-state index in [-0.39, 0.29) is 17.8 Å². The topological polar surface area (TPSA) is 78.9 Å². The predicted molar refractivity (Wildman–Crippen MR) is 81.0 cm³/mol. The number of oxime groups is 1. The zero-order valence-electron chi connectivity index (χ0n) is 11.3. The highest BCUT2D eigenvalue weighted by Gasteiger charge is 2.32. The summed E-state index contributed by atoms with van der Waals surface area (Å²) in [5.74, 6) is 0.157. The molecule has 0 spiro atoms. The third-order valence-electron chi connectivity index (χ3n) is 3.39. The summed E-state index contributed by atoms with van der Waals surface area (Å²) >= 11 is 3.43. The minimum atomic E-state index is 0.00818. The number of aryl methyl sites for hydroxylation is 1. The van der Waals surface area contributed by atoms with Crippen LogP contribution in [0.2, 0.25) is 0 Å². The number of benzene rings is 1. The number of hydrogen-bond acceptors (Lipinski definition) is 3. The Kier molecular flexibility index (Phi) is 4.65. The summed E-state index contributed by atoms with van der Waals surface area (Å²) in [4.78, 5) is 14.4. The summed E-state index contributed by atoms with van der Waals surface area (Å²) in [6.07, 6.45) is 2.43. The van der Waals surface area contributed by atoms with Crippen molar-refractivity contribution in [2.24, 2.45) is 10.9 Å². The van der Waals surface area contributed by atoms with E-state index < -0.39 is 0 Å². The molecule has 20 heavy (non-hydrogen) atoms. The minimum absolute atomic E-state index is 0.00818. The standard InChI is InChI=1S/C14H18BrN3O2/c1-9-8-10(2-5-12(9)15)14(19)18(11-3-4-11)7-6-13(16)17-20/h2,5,8,11,20H,3-4,6-7H2,1H3,(H2,16,17). The maximum Gasteiger partial charge on any atom is 0.254 e. The molecule has 0 unspecified atom stereocenters. The predicted octanol–water partition coefficient (Wildman–Crippen LogP) is 2.50. The van der Waals surface area contributed by atoms with E-state index in [9.17, 15) is 4.79 Å². The van der Waals surface area contributed by atoms with E-state index in [2.05, 4.69) is 21.1 Å². The number of carbonyl (C=O) groups is 1. The zero-order valence-corrected chi connectivity index (χ0v) is 12.9. The summed E-state index contributed by atoms with van der Waals surface area (Å²) < 4.78 is 0.990. The van der Waals surface area contributed by atoms with Crippen LogP contribution in [0.5, 0.6) is 0 Å². The second-order valence-electron chi connectivity index (χ2n) is 5.04. The van der Waals surface area contributed by atoms with Gasteiger partial charge in [-0.05, 0) is 43.5 Å². The first-order chi connectivity index (χ1) is 9.52. The van der Waals surface area contributed by atoms with Crippen LogP contribution in [0.15, 0.2) is 27.8 Å². The first kappa shape index (κ1) is 14.8. The first-order valence-electron chi connectivity index (χ1n) is 6.56. The van der Waals surface area contributed by atoms with Crippen molar-refractivity contribution in [1.82, 2.24) is 4.90 Å². The lowest BCUT2D eigenvalue weighted by molar-refractivity contribution is 0.0747. The van der Waals surface area contributed by atoms with E-state index in [0.717, 1.165) is 22.9 Å². The van der Waals surface area contributed by atoms with Crippen molar-refractivity contribution in [2.45, 2.75) is 32.2 Å². The van der Waals surface area contributed by atoms with E-state index in [1.54, 1.807) is 0 Å². The molecule has 3 N–H and O–H groups in total. The van der Waals surface area contributed by atoms with Gasteiger partial charge in [-0.3, -0.25) is 4.79 Å². The lowest BCUT2D eigenvalue weighted by Crippen LogP contribution is -2.36. The zero-order chi connectivity index (χ0) is 14.7. The van der Waals surface area contributed by atoms with Crippen molar-refractivity contribution in [3.05, 3.63) is 33.8 Å². The van der Waals surface area contributed by atoms with E-state index >= 15 is 0 Å². The highest BCUT2D eigenvalue weighted by Crippen LogP contribution is 2.29. The third kappa shape index (κ3) is 3.50. The van der Waals surface area contributed by atoms with Gasteiger partial charge in [0.1, 0.15) is 5.84 Å². The molecule has 1 fully saturated rings. The monoisotopic (exact) mass is 339 g/mol. The molecule has 1 aliphatic carbocycles. The molecule has 5 nitrogen and oxygen atoms in total. The Balaban J connectivity index is 2.12. The van der Waals surface area contributed by atoms with E-state index in [1.807, 2.05) is 30.0 Å². The highest BCUT2D eigenvalue weighted by molar-refractivity contribution is 9.10. The van der Waals surface area contributed by atoms with Crippen LogP contribution in [0.3, 0.4) is 0 Å². The van der Waals surface area contributed by atoms with Gasteiger partial charge in [-0.25, -0.2) is 0 Å². The van der Waals surface area contributed by atoms with E-state index in [1.165, 1.54) is 0 Å². The second-order valence-corrected chi connectivity index (χ2v) is 5.89. The summed E-state index contributed by atoms with van der Waals surface area (Å²) in [7, 11) is 0. The van der Waals surface area contributed by atoms with Gasteiger partial charge in [0.25, 0.3) is 5.91 Å². The van der Waals surface area contributed by atoms with Gasteiger partial charge in [0.2, 0.25) is 0 Å². The van der Waals surface area contributed by atoms with Gasteiger partial charge in [0.15, 0.2) is 0 Å². The molecule has 108 valence electrons. The maximum atomic E-state index is 12.6. The molecule has 0 radical (unpaired) electrons. The third-order valence-corrected chi connectivity index (χ3v) is 4.28. The van der Waals surface area contributed by atoms with E-state index in [4.69, 9.17) is 10.9 Å². The molecule has 6 heteroatoms. The molecule has 0 bridgehead atoms. The highest BCUT2D eigenvalue weighted by atomic mass is 79.9. The van der Waals surface area contributed by atoms with E-state index in [0.29, 0.717) is 18.5 Å². The average molecular weight is 340 g/mol. The summed E-state index contributed by atoms with van der Waals surface area (Å²) in [5, 5.41) is 11.5. The normalized spacial score (nSPS) is 15.2. The first-order valence-corrected chi connectivity index (χ1v) is 7.35. The molecule has 1 aromatic rings. The quantitative estimate of drug-likeness (QED) is 0.374. The van der Waals surface area contributed by atoms with Crippen LogP contribution in [0.25, 0.3) is 0 Å². The van der Waals surface area contributed by atoms with Crippen LogP contribution in [-0.4, -0.2) is 34.4 Å². The van der Waals surface area contributed by atoms with Crippen LogP contribution >= 0.6 is 15.9 Å². The maximum absolute atomic E-state index is 12.6. The number of amidine groups is 1. The fraction of sp³-hybridized carbons (Fsp3) is 0.429. The molecule has 2 rings (SSSR count). The summed E-state index contributed by atoms with van der Waals surface area (Å²) in [5.41, 5.74) is 7.19.